The molecule has 1 amide bonds. The van der Waals surface area contributed by atoms with Crippen LogP contribution in [0.3, 0.4) is 0 Å². The number of carbonyl (C=O) groups is 2. The van der Waals surface area contributed by atoms with Crippen LogP contribution in [0.5, 0.6) is 0 Å². The molecule has 2 fully saturated rings. The summed E-state index contributed by atoms with van der Waals surface area (Å²) in [5, 5.41) is 14.2. The van der Waals surface area contributed by atoms with Crippen LogP contribution in [0.1, 0.15) is 37.5 Å². The number of hydrogen-bond acceptors (Lipinski definition) is 4. The van der Waals surface area contributed by atoms with Gasteiger partial charge in [0.05, 0.1) is 6.54 Å². The predicted octanol–water partition coefficient (Wildman–Crippen LogP) is 2.37. The molecule has 24 heavy (non-hydrogen) atoms. The monoisotopic (exact) mass is 350 g/mol. The number of carboxylic acid groups (broad SMARTS) is 1. The molecule has 0 radical (unpaired) electrons. The Kier molecular flexibility index (Phi) is 5.56. The minimum Gasteiger partial charge on any atom is -0.480 e. The number of thiophene rings is 1. The van der Waals surface area contributed by atoms with Gasteiger partial charge in [-0.2, -0.15) is 0 Å². The first-order valence-electron chi connectivity index (χ1n) is 8.80. The van der Waals surface area contributed by atoms with Crippen molar-refractivity contribution in [3.8, 4) is 0 Å². The van der Waals surface area contributed by atoms with Gasteiger partial charge in [-0.3, -0.25) is 14.5 Å². The molecule has 2 saturated carbocycles. The van der Waals surface area contributed by atoms with Gasteiger partial charge in [0.2, 0.25) is 5.91 Å². The fraction of sp³-hybridized carbons (Fsp3) is 0.667. The molecular weight excluding hydrogens is 324 g/mol. The van der Waals surface area contributed by atoms with Gasteiger partial charge in [0.15, 0.2) is 0 Å². The van der Waals surface area contributed by atoms with Gasteiger partial charge in [0, 0.05) is 29.4 Å². The highest BCUT2D eigenvalue weighted by Gasteiger charge is 2.38. The van der Waals surface area contributed by atoms with Gasteiger partial charge in [0.25, 0.3) is 0 Å². The van der Waals surface area contributed by atoms with Crippen molar-refractivity contribution in [2.45, 2.75) is 51.1 Å². The quantitative estimate of drug-likeness (QED) is 0.717. The van der Waals surface area contributed by atoms with E-state index >= 15 is 0 Å². The van der Waals surface area contributed by atoms with E-state index < -0.39 is 5.97 Å². The Morgan fingerprint density at radius 1 is 1.42 bits per heavy atom. The minimum atomic E-state index is -0.757. The molecule has 2 N–H and O–H groups in total. The average Bonchev–Trinajstić information content (AvgIpc) is 3.14. The minimum absolute atomic E-state index is 0.0238. The van der Waals surface area contributed by atoms with Crippen molar-refractivity contribution < 1.29 is 14.7 Å². The van der Waals surface area contributed by atoms with Gasteiger partial charge >= 0.3 is 5.97 Å². The summed E-state index contributed by atoms with van der Waals surface area (Å²) in [5.74, 6) is 0.0135. The van der Waals surface area contributed by atoms with Crippen molar-refractivity contribution in [2.24, 2.45) is 11.8 Å². The number of rotatable bonds is 9. The van der Waals surface area contributed by atoms with E-state index in [1.807, 2.05) is 18.4 Å². The fourth-order valence-corrected chi connectivity index (χ4v) is 4.15. The molecule has 0 unspecified atom stereocenters. The van der Waals surface area contributed by atoms with E-state index in [1.165, 1.54) is 17.7 Å². The van der Waals surface area contributed by atoms with Crippen molar-refractivity contribution in [3.63, 3.8) is 0 Å². The Morgan fingerprint density at radius 2 is 2.17 bits per heavy atom. The van der Waals surface area contributed by atoms with Crippen molar-refractivity contribution >= 4 is 23.2 Å². The SMILES string of the molecule is C[C@H](Cc1cccs1)C(=O)NC1CC(N(CC(=O)O)CC2CC2)C1. The van der Waals surface area contributed by atoms with E-state index in [1.54, 1.807) is 11.3 Å². The summed E-state index contributed by atoms with van der Waals surface area (Å²) < 4.78 is 0. The number of hydrogen-bond donors (Lipinski definition) is 2. The molecule has 2 aliphatic rings. The van der Waals surface area contributed by atoms with Crippen molar-refractivity contribution in [1.29, 1.82) is 0 Å². The highest BCUT2D eigenvalue weighted by atomic mass is 32.1. The summed E-state index contributed by atoms with van der Waals surface area (Å²) in [4.78, 5) is 26.7. The number of nitrogens with zero attached hydrogens (tertiary/aromatic N) is 1. The van der Waals surface area contributed by atoms with Crippen LogP contribution in [0.15, 0.2) is 17.5 Å². The van der Waals surface area contributed by atoms with E-state index in [-0.39, 0.29) is 24.4 Å². The van der Waals surface area contributed by atoms with Gasteiger partial charge < -0.3 is 10.4 Å². The van der Waals surface area contributed by atoms with E-state index in [9.17, 15) is 9.59 Å². The van der Waals surface area contributed by atoms with Gasteiger partial charge in [-0.25, -0.2) is 0 Å². The lowest BCUT2D eigenvalue weighted by molar-refractivity contribution is -0.140. The van der Waals surface area contributed by atoms with Crippen molar-refractivity contribution in [3.05, 3.63) is 22.4 Å². The van der Waals surface area contributed by atoms with Crippen molar-refractivity contribution in [1.82, 2.24) is 10.2 Å². The Morgan fingerprint density at radius 3 is 2.75 bits per heavy atom. The van der Waals surface area contributed by atoms with Crippen LogP contribution >= 0.6 is 11.3 Å². The predicted molar refractivity (Wildman–Crippen MR) is 94.1 cm³/mol. The Labute approximate surface area is 147 Å². The van der Waals surface area contributed by atoms with E-state index in [0.29, 0.717) is 12.0 Å². The molecular formula is C18H26N2O3S. The second kappa shape index (κ2) is 7.66. The number of nitrogens with one attached hydrogen (secondary N) is 1. The molecule has 0 bridgehead atoms. The molecule has 0 aliphatic heterocycles. The molecule has 0 aromatic carbocycles. The maximum atomic E-state index is 12.3. The third kappa shape index (κ3) is 4.80. The summed E-state index contributed by atoms with van der Waals surface area (Å²) in [6.45, 7) is 2.98. The highest BCUT2D eigenvalue weighted by molar-refractivity contribution is 7.09. The molecule has 1 heterocycles. The van der Waals surface area contributed by atoms with Crippen LogP contribution in [0.4, 0.5) is 0 Å². The van der Waals surface area contributed by atoms with Gasteiger partial charge in [-0.1, -0.05) is 13.0 Å². The smallest absolute Gasteiger partial charge is 0.317 e. The molecule has 1 aromatic rings. The number of amides is 1. The van der Waals surface area contributed by atoms with E-state index in [4.69, 9.17) is 5.11 Å². The Balaban J connectivity index is 1.41. The normalized spacial score (nSPS) is 24.4. The van der Waals surface area contributed by atoms with Crippen LogP contribution in [-0.2, 0) is 16.0 Å². The second-order valence-corrected chi connectivity index (χ2v) is 8.31. The number of carbonyl (C=O) groups excluding carboxylic acids is 1. The van der Waals surface area contributed by atoms with E-state index in [0.717, 1.165) is 25.8 Å². The van der Waals surface area contributed by atoms with Crippen LogP contribution in [0.2, 0.25) is 0 Å². The summed E-state index contributed by atoms with van der Waals surface area (Å²) in [7, 11) is 0. The lowest BCUT2D eigenvalue weighted by atomic mass is 9.84. The molecule has 6 heteroatoms. The molecule has 132 valence electrons. The topological polar surface area (TPSA) is 69.6 Å². The zero-order valence-electron chi connectivity index (χ0n) is 14.1. The zero-order valence-corrected chi connectivity index (χ0v) is 14.9. The largest absolute Gasteiger partial charge is 0.480 e. The number of aliphatic carboxylic acids is 1. The fourth-order valence-electron chi connectivity index (χ4n) is 3.32. The molecule has 3 rings (SSSR count). The number of carboxylic acids is 1. The third-order valence-corrected chi connectivity index (χ3v) is 5.94. The first kappa shape index (κ1) is 17.4. The zero-order chi connectivity index (χ0) is 17.1. The van der Waals surface area contributed by atoms with Crippen LogP contribution in [0, 0.1) is 11.8 Å². The van der Waals surface area contributed by atoms with Crippen LogP contribution in [0.25, 0.3) is 0 Å². The maximum absolute atomic E-state index is 12.3. The molecule has 1 atom stereocenters. The molecule has 0 spiro atoms. The van der Waals surface area contributed by atoms with Crippen LogP contribution in [-0.4, -0.2) is 47.1 Å². The molecule has 0 saturated heterocycles. The third-order valence-electron chi connectivity index (χ3n) is 5.04. The lowest BCUT2D eigenvalue weighted by Gasteiger charge is -2.43. The van der Waals surface area contributed by atoms with Gasteiger partial charge in [0.1, 0.15) is 0 Å². The van der Waals surface area contributed by atoms with Gasteiger partial charge in [-0.15, -0.1) is 11.3 Å². The molecule has 1 aromatic heterocycles. The molecule has 5 nitrogen and oxygen atoms in total. The van der Waals surface area contributed by atoms with Crippen LogP contribution < -0.4 is 5.32 Å². The second-order valence-electron chi connectivity index (χ2n) is 7.28. The summed E-state index contributed by atoms with van der Waals surface area (Å²) in [6.07, 6.45) is 4.98. The lowest BCUT2D eigenvalue weighted by Crippen LogP contribution is -2.56. The average molecular weight is 350 g/mol. The summed E-state index contributed by atoms with van der Waals surface area (Å²) in [6, 6.07) is 4.58. The Hall–Kier alpha value is -1.40. The van der Waals surface area contributed by atoms with E-state index in [2.05, 4.69) is 16.3 Å². The standard InChI is InChI=1S/C18H26N2O3S/c1-12(7-16-3-2-6-24-16)18(23)19-14-8-15(9-14)20(11-17(21)22)10-13-4-5-13/h2-3,6,12-15H,4-5,7-11H2,1H3,(H,19,23)(H,21,22)/t12-,14?,15?/m1/s1. The molecule has 2 aliphatic carbocycles. The first-order valence-corrected chi connectivity index (χ1v) is 9.68. The van der Waals surface area contributed by atoms with Crippen molar-refractivity contribution in [2.75, 3.05) is 13.1 Å². The highest BCUT2D eigenvalue weighted by Crippen LogP contribution is 2.33. The first-order chi connectivity index (χ1) is 11.5. The Bertz CT molecular complexity index is 565. The summed E-state index contributed by atoms with van der Waals surface area (Å²) in [5.41, 5.74) is 0. The summed E-state index contributed by atoms with van der Waals surface area (Å²) >= 11 is 1.69. The maximum Gasteiger partial charge on any atom is 0.317 e. The van der Waals surface area contributed by atoms with Gasteiger partial charge in [-0.05, 0) is 49.5 Å².